The van der Waals surface area contributed by atoms with Crippen LogP contribution in [0.1, 0.15) is 5.56 Å². The summed E-state index contributed by atoms with van der Waals surface area (Å²) in [5, 5.41) is 7.73. The third kappa shape index (κ3) is 3.96. The average Bonchev–Trinajstić information content (AvgIpc) is 3.11. The summed E-state index contributed by atoms with van der Waals surface area (Å²) in [7, 11) is 4.09. The number of benzene rings is 2. The minimum absolute atomic E-state index is 0.786. The zero-order valence-electron chi connectivity index (χ0n) is 14.0. The molecule has 1 heterocycles. The largest absolute Gasteiger partial charge is 0.457 e. The van der Waals surface area contributed by atoms with Crippen molar-refractivity contribution in [3.05, 3.63) is 60.7 Å². The van der Waals surface area contributed by atoms with Crippen molar-refractivity contribution in [2.75, 3.05) is 20.4 Å². The first-order valence-electron chi connectivity index (χ1n) is 7.60. The maximum absolute atomic E-state index is 6.11. The maximum atomic E-state index is 6.11. The molecule has 3 rings (SSSR count). The zero-order chi connectivity index (χ0) is 16.9. The van der Waals surface area contributed by atoms with E-state index >= 15 is 0 Å². The summed E-state index contributed by atoms with van der Waals surface area (Å²) in [5.74, 6) is 1.70. The molecule has 5 nitrogen and oxygen atoms in total. The van der Waals surface area contributed by atoms with E-state index < -0.39 is 0 Å². The van der Waals surface area contributed by atoms with Gasteiger partial charge in [0.1, 0.15) is 24.2 Å². The van der Waals surface area contributed by atoms with Gasteiger partial charge < -0.3 is 9.64 Å². The van der Waals surface area contributed by atoms with Crippen molar-refractivity contribution in [1.82, 2.24) is 19.7 Å². The summed E-state index contributed by atoms with van der Waals surface area (Å²) in [6, 6.07) is 14.2. The number of rotatable bonds is 6. The summed E-state index contributed by atoms with van der Waals surface area (Å²) in [5.41, 5.74) is 2.13. The molecule has 0 fully saturated rings. The van der Waals surface area contributed by atoms with Crippen molar-refractivity contribution in [1.29, 1.82) is 0 Å². The van der Waals surface area contributed by atoms with Crippen LogP contribution in [0.2, 0.25) is 0 Å². The summed E-state index contributed by atoms with van der Waals surface area (Å²) >= 11 is 1.72. The van der Waals surface area contributed by atoms with E-state index in [4.69, 9.17) is 4.74 Å². The van der Waals surface area contributed by atoms with Crippen molar-refractivity contribution >= 4 is 11.8 Å². The predicted octanol–water partition coefficient (Wildman–Crippen LogP) is 3.84. The molecule has 2 aromatic carbocycles. The fourth-order valence-corrected chi connectivity index (χ4v) is 2.80. The normalized spacial score (nSPS) is 11.0. The molecule has 0 bridgehead atoms. The van der Waals surface area contributed by atoms with Crippen molar-refractivity contribution in [3.63, 3.8) is 0 Å². The maximum Gasteiger partial charge on any atom is 0.132 e. The standard InChI is InChI=1S/C18H20N4OS/c1-21(2)11-14-10-15(22-12-19-20-13-22)4-9-18(14)23-16-5-7-17(24-3)8-6-16/h4-10,12-13H,11H2,1-3H3. The van der Waals surface area contributed by atoms with Crippen LogP contribution in [0.25, 0.3) is 5.69 Å². The Kier molecular flexibility index (Phi) is 5.17. The third-order valence-electron chi connectivity index (χ3n) is 3.53. The monoisotopic (exact) mass is 340 g/mol. The van der Waals surface area contributed by atoms with Crippen LogP contribution >= 0.6 is 11.8 Å². The van der Waals surface area contributed by atoms with Gasteiger partial charge in [-0.3, -0.25) is 4.57 Å². The van der Waals surface area contributed by atoms with Gasteiger partial charge >= 0.3 is 0 Å². The molecule has 1 aromatic heterocycles. The molecule has 0 saturated carbocycles. The SMILES string of the molecule is CSc1ccc(Oc2ccc(-n3cnnc3)cc2CN(C)C)cc1. The van der Waals surface area contributed by atoms with E-state index in [2.05, 4.69) is 39.6 Å². The molecule has 0 aliphatic carbocycles. The Morgan fingerprint density at radius 3 is 2.38 bits per heavy atom. The Balaban J connectivity index is 1.90. The topological polar surface area (TPSA) is 43.2 Å². The van der Waals surface area contributed by atoms with E-state index in [-0.39, 0.29) is 0 Å². The number of hydrogen-bond donors (Lipinski definition) is 0. The fourth-order valence-electron chi connectivity index (χ4n) is 2.40. The molecule has 0 atom stereocenters. The molecule has 0 N–H and O–H groups in total. The summed E-state index contributed by atoms with van der Waals surface area (Å²) in [6.45, 7) is 0.786. The Labute approximate surface area is 146 Å². The van der Waals surface area contributed by atoms with Crippen LogP contribution in [0.15, 0.2) is 60.0 Å². The highest BCUT2D eigenvalue weighted by Gasteiger charge is 2.09. The Hall–Kier alpha value is -2.31. The van der Waals surface area contributed by atoms with E-state index in [9.17, 15) is 0 Å². The fraction of sp³-hybridized carbons (Fsp3) is 0.222. The lowest BCUT2D eigenvalue weighted by Gasteiger charge is -2.16. The van der Waals surface area contributed by atoms with Crippen LogP contribution in [0, 0.1) is 0 Å². The smallest absolute Gasteiger partial charge is 0.132 e. The Morgan fingerprint density at radius 2 is 1.75 bits per heavy atom. The Morgan fingerprint density at radius 1 is 1.04 bits per heavy atom. The highest BCUT2D eigenvalue weighted by molar-refractivity contribution is 7.98. The van der Waals surface area contributed by atoms with Crippen molar-refractivity contribution < 1.29 is 4.74 Å². The second kappa shape index (κ2) is 7.51. The highest BCUT2D eigenvalue weighted by atomic mass is 32.2. The number of ether oxygens (including phenoxy) is 1. The first-order valence-corrected chi connectivity index (χ1v) is 8.83. The lowest BCUT2D eigenvalue weighted by Crippen LogP contribution is -2.12. The molecule has 0 spiro atoms. The van der Waals surface area contributed by atoms with Crippen LogP contribution in [0.4, 0.5) is 0 Å². The van der Waals surface area contributed by atoms with Gasteiger partial charge in [-0.1, -0.05) is 0 Å². The van der Waals surface area contributed by atoms with Crippen LogP contribution in [-0.4, -0.2) is 40.0 Å². The summed E-state index contributed by atoms with van der Waals surface area (Å²) in [4.78, 5) is 3.34. The van der Waals surface area contributed by atoms with E-state index in [0.29, 0.717) is 0 Å². The number of nitrogens with zero attached hydrogens (tertiary/aromatic N) is 4. The predicted molar refractivity (Wildman–Crippen MR) is 97.0 cm³/mol. The molecule has 0 unspecified atom stereocenters. The molecule has 24 heavy (non-hydrogen) atoms. The average molecular weight is 340 g/mol. The number of thioether (sulfide) groups is 1. The van der Waals surface area contributed by atoms with Gasteiger partial charge in [0.2, 0.25) is 0 Å². The van der Waals surface area contributed by atoms with Crippen molar-refractivity contribution in [2.24, 2.45) is 0 Å². The minimum Gasteiger partial charge on any atom is -0.457 e. The van der Waals surface area contributed by atoms with Crippen molar-refractivity contribution in [2.45, 2.75) is 11.4 Å². The number of hydrogen-bond acceptors (Lipinski definition) is 5. The third-order valence-corrected chi connectivity index (χ3v) is 4.28. The molecule has 6 heteroatoms. The molecule has 3 aromatic rings. The Bertz CT molecular complexity index is 785. The number of aromatic nitrogens is 3. The second-order valence-electron chi connectivity index (χ2n) is 5.68. The van der Waals surface area contributed by atoms with E-state index in [1.54, 1.807) is 24.4 Å². The zero-order valence-corrected chi connectivity index (χ0v) is 14.8. The van der Waals surface area contributed by atoms with Gasteiger partial charge in [0.05, 0.1) is 0 Å². The van der Waals surface area contributed by atoms with Gasteiger partial charge in [0.25, 0.3) is 0 Å². The van der Waals surface area contributed by atoms with E-state index in [0.717, 1.165) is 29.3 Å². The summed E-state index contributed by atoms with van der Waals surface area (Å²) in [6.07, 6.45) is 5.45. The molecule has 0 amide bonds. The molecule has 0 radical (unpaired) electrons. The first kappa shape index (κ1) is 16.5. The van der Waals surface area contributed by atoms with Gasteiger partial charge in [0, 0.05) is 22.7 Å². The van der Waals surface area contributed by atoms with E-state index in [1.807, 2.05) is 42.9 Å². The van der Waals surface area contributed by atoms with Crippen LogP contribution in [-0.2, 0) is 6.54 Å². The van der Waals surface area contributed by atoms with Gasteiger partial charge in [-0.05, 0) is 62.8 Å². The van der Waals surface area contributed by atoms with Gasteiger partial charge in [-0.2, -0.15) is 0 Å². The molecule has 0 aliphatic rings. The summed E-state index contributed by atoms with van der Waals surface area (Å²) < 4.78 is 7.99. The highest BCUT2D eigenvalue weighted by Crippen LogP contribution is 2.29. The van der Waals surface area contributed by atoms with E-state index in [1.165, 1.54) is 4.90 Å². The molecular formula is C18H20N4OS. The van der Waals surface area contributed by atoms with Gasteiger partial charge in [-0.15, -0.1) is 22.0 Å². The lowest BCUT2D eigenvalue weighted by molar-refractivity contribution is 0.388. The molecular weight excluding hydrogens is 320 g/mol. The molecule has 0 saturated heterocycles. The molecule has 124 valence electrons. The minimum atomic E-state index is 0.786. The van der Waals surface area contributed by atoms with Crippen LogP contribution in [0.5, 0.6) is 11.5 Å². The van der Waals surface area contributed by atoms with Gasteiger partial charge in [0.15, 0.2) is 0 Å². The second-order valence-corrected chi connectivity index (χ2v) is 6.56. The van der Waals surface area contributed by atoms with Crippen LogP contribution < -0.4 is 4.74 Å². The quantitative estimate of drug-likeness (QED) is 0.638. The lowest BCUT2D eigenvalue weighted by atomic mass is 10.1. The van der Waals surface area contributed by atoms with Crippen molar-refractivity contribution in [3.8, 4) is 17.2 Å². The van der Waals surface area contributed by atoms with Crippen LogP contribution in [0.3, 0.4) is 0 Å². The first-order chi connectivity index (χ1) is 11.7. The van der Waals surface area contributed by atoms with Gasteiger partial charge in [-0.25, -0.2) is 0 Å². The molecule has 0 aliphatic heterocycles.